The summed E-state index contributed by atoms with van der Waals surface area (Å²) in [5.41, 5.74) is 3.01. The van der Waals surface area contributed by atoms with Crippen LogP contribution in [0.2, 0.25) is 0 Å². The Morgan fingerprint density at radius 1 is 0.939 bits per heavy atom. The van der Waals surface area contributed by atoms with Crippen molar-refractivity contribution in [2.75, 3.05) is 50.0 Å². The smallest absolute Gasteiger partial charge is 0.268 e. The minimum absolute atomic E-state index is 0.130. The Hall–Kier alpha value is -3.00. The molecule has 0 aliphatic carbocycles. The maximum Gasteiger partial charge on any atom is 0.268 e. The number of carbonyl (C=O) groups is 2. The number of piperazine rings is 1. The molecule has 3 aromatic rings. The molecule has 4 rings (SSSR count). The number of para-hydroxylation sites is 1. The number of hydrogen-bond acceptors (Lipinski definition) is 5. The van der Waals surface area contributed by atoms with E-state index in [4.69, 9.17) is 0 Å². The normalized spacial score (nSPS) is 14.7. The van der Waals surface area contributed by atoms with Gasteiger partial charge in [0.05, 0.1) is 16.1 Å². The van der Waals surface area contributed by atoms with Crippen LogP contribution in [0.1, 0.15) is 32.5 Å². The maximum absolute atomic E-state index is 13.1. The molecule has 0 spiro atoms. The van der Waals surface area contributed by atoms with Crippen LogP contribution in [0, 0.1) is 0 Å². The van der Waals surface area contributed by atoms with Gasteiger partial charge >= 0.3 is 0 Å². The Labute approximate surface area is 199 Å². The molecule has 33 heavy (non-hydrogen) atoms. The fourth-order valence-electron chi connectivity index (χ4n) is 4.05. The van der Waals surface area contributed by atoms with Crippen LogP contribution in [-0.4, -0.2) is 61.4 Å². The molecule has 2 aromatic carbocycles. The van der Waals surface area contributed by atoms with Crippen molar-refractivity contribution in [1.82, 2.24) is 9.80 Å². The molecule has 6 nitrogen and oxygen atoms in total. The third-order valence-corrected chi connectivity index (χ3v) is 6.93. The maximum atomic E-state index is 13.1. The molecular weight excluding hydrogens is 432 g/mol. The number of amides is 2. The third-order valence-electron chi connectivity index (χ3n) is 6.08. The lowest BCUT2D eigenvalue weighted by molar-refractivity contribution is 0.0996. The number of nitrogens with zero attached hydrogens (tertiary/aromatic N) is 3. The quantitative estimate of drug-likeness (QED) is 0.565. The van der Waals surface area contributed by atoms with E-state index in [1.807, 2.05) is 35.7 Å². The summed E-state index contributed by atoms with van der Waals surface area (Å²) < 4.78 is 0. The minimum atomic E-state index is -0.236. The number of carbonyl (C=O) groups excluding carboxylic acids is 2. The molecule has 1 aliphatic rings. The van der Waals surface area contributed by atoms with Gasteiger partial charge in [0, 0.05) is 45.5 Å². The van der Waals surface area contributed by atoms with Gasteiger partial charge in [-0.25, -0.2) is 0 Å². The molecule has 0 atom stereocenters. The van der Waals surface area contributed by atoms with E-state index in [1.165, 1.54) is 21.8 Å². The van der Waals surface area contributed by atoms with Gasteiger partial charge in [-0.05, 0) is 47.8 Å². The first kappa shape index (κ1) is 23.2. The standard InChI is InChI=1S/C26H30N4O2S/c1-3-29-14-16-30(17-15-29)19-20-10-12-21(13-11-20)27-25(31)22-7-4-5-8-23(22)28(2)26(32)24-9-6-18-33-24/h4-13,18H,3,14-17,19H2,1-2H3,(H,27,31). The molecule has 1 aromatic heterocycles. The molecule has 1 N–H and O–H groups in total. The Morgan fingerprint density at radius 2 is 1.64 bits per heavy atom. The lowest BCUT2D eigenvalue weighted by Gasteiger charge is -2.34. The Balaban J connectivity index is 1.40. The van der Waals surface area contributed by atoms with Crippen molar-refractivity contribution in [3.8, 4) is 0 Å². The van der Waals surface area contributed by atoms with Crippen LogP contribution in [0.15, 0.2) is 66.0 Å². The minimum Gasteiger partial charge on any atom is -0.322 e. The molecule has 7 heteroatoms. The van der Waals surface area contributed by atoms with E-state index in [-0.39, 0.29) is 11.8 Å². The number of likely N-dealkylation sites (N-methyl/N-ethyl adjacent to an activating group) is 1. The Morgan fingerprint density at radius 3 is 2.30 bits per heavy atom. The van der Waals surface area contributed by atoms with E-state index in [9.17, 15) is 9.59 Å². The zero-order chi connectivity index (χ0) is 23.2. The highest BCUT2D eigenvalue weighted by Crippen LogP contribution is 2.24. The van der Waals surface area contributed by atoms with Crippen molar-refractivity contribution in [1.29, 1.82) is 0 Å². The van der Waals surface area contributed by atoms with Crippen molar-refractivity contribution < 1.29 is 9.59 Å². The van der Waals surface area contributed by atoms with Gasteiger partial charge in [-0.3, -0.25) is 14.5 Å². The zero-order valence-electron chi connectivity index (χ0n) is 19.2. The summed E-state index contributed by atoms with van der Waals surface area (Å²) in [6.07, 6.45) is 0. The van der Waals surface area contributed by atoms with Crippen molar-refractivity contribution in [2.24, 2.45) is 0 Å². The average molecular weight is 463 g/mol. The predicted molar refractivity (Wildman–Crippen MR) is 135 cm³/mol. The highest BCUT2D eigenvalue weighted by Gasteiger charge is 2.20. The van der Waals surface area contributed by atoms with Crippen LogP contribution < -0.4 is 10.2 Å². The predicted octanol–water partition coefficient (Wildman–Crippen LogP) is 4.41. The summed E-state index contributed by atoms with van der Waals surface area (Å²) in [6.45, 7) is 8.65. The molecule has 0 saturated carbocycles. The molecule has 172 valence electrons. The Kier molecular flexibility index (Phi) is 7.54. The highest BCUT2D eigenvalue weighted by molar-refractivity contribution is 7.12. The first-order chi connectivity index (χ1) is 16.0. The number of rotatable bonds is 7. The molecule has 1 saturated heterocycles. The fraction of sp³-hybridized carbons (Fsp3) is 0.308. The van der Waals surface area contributed by atoms with Crippen molar-refractivity contribution in [3.63, 3.8) is 0 Å². The van der Waals surface area contributed by atoms with Gasteiger partial charge in [-0.15, -0.1) is 11.3 Å². The van der Waals surface area contributed by atoms with E-state index >= 15 is 0 Å². The number of anilines is 2. The summed E-state index contributed by atoms with van der Waals surface area (Å²) in [5.74, 6) is -0.366. The molecular formula is C26H30N4O2S. The van der Waals surface area contributed by atoms with E-state index in [0.717, 1.165) is 45.0 Å². The molecule has 2 amide bonds. The lowest BCUT2D eigenvalue weighted by atomic mass is 10.1. The van der Waals surface area contributed by atoms with Crippen molar-refractivity contribution in [2.45, 2.75) is 13.5 Å². The SMILES string of the molecule is CCN1CCN(Cc2ccc(NC(=O)c3ccccc3N(C)C(=O)c3cccs3)cc2)CC1. The molecule has 1 aliphatic heterocycles. The van der Waals surface area contributed by atoms with Gasteiger partial charge in [-0.1, -0.05) is 37.3 Å². The van der Waals surface area contributed by atoms with Crippen LogP contribution in [0.5, 0.6) is 0 Å². The second-order valence-corrected chi connectivity index (χ2v) is 9.17. The van der Waals surface area contributed by atoms with Gasteiger partial charge in [0.25, 0.3) is 11.8 Å². The monoisotopic (exact) mass is 462 g/mol. The number of thiophene rings is 1. The van der Waals surface area contributed by atoms with Crippen molar-refractivity contribution >= 4 is 34.5 Å². The summed E-state index contributed by atoms with van der Waals surface area (Å²) in [4.78, 5) is 32.9. The second kappa shape index (κ2) is 10.7. The highest BCUT2D eigenvalue weighted by atomic mass is 32.1. The second-order valence-electron chi connectivity index (χ2n) is 8.22. The molecule has 0 radical (unpaired) electrons. The number of benzene rings is 2. The molecule has 2 heterocycles. The van der Waals surface area contributed by atoms with Crippen LogP contribution in [0.25, 0.3) is 0 Å². The Bertz CT molecular complexity index is 1070. The van der Waals surface area contributed by atoms with Gasteiger partial charge in [0.15, 0.2) is 0 Å². The van der Waals surface area contributed by atoms with Gasteiger partial charge in [-0.2, -0.15) is 0 Å². The molecule has 1 fully saturated rings. The summed E-state index contributed by atoms with van der Waals surface area (Å²) in [7, 11) is 1.70. The van der Waals surface area contributed by atoms with Crippen LogP contribution in [0.4, 0.5) is 11.4 Å². The average Bonchev–Trinajstić information content (AvgIpc) is 3.40. The summed E-state index contributed by atoms with van der Waals surface area (Å²) in [6, 6.07) is 18.8. The zero-order valence-corrected chi connectivity index (χ0v) is 20.0. The topological polar surface area (TPSA) is 55.9 Å². The van der Waals surface area contributed by atoms with Crippen LogP contribution in [-0.2, 0) is 6.54 Å². The van der Waals surface area contributed by atoms with E-state index < -0.39 is 0 Å². The summed E-state index contributed by atoms with van der Waals surface area (Å²) in [5, 5.41) is 4.85. The molecule has 0 unspecified atom stereocenters. The summed E-state index contributed by atoms with van der Waals surface area (Å²) >= 11 is 1.39. The van der Waals surface area contributed by atoms with Crippen LogP contribution in [0.3, 0.4) is 0 Å². The fourth-order valence-corrected chi connectivity index (χ4v) is 4.75. The van der Waals surface area contributed by atoms with Crippen LogP contribution >= 0.6 is 11.3 Å². The van der Waals surface area contributed by atoms with Gasteiger partial charge in [0.1, 0.15) is 0 Å². The lowest BCUT2D eigenvalue weighted by Crippen LogP contribution is -2.45. The largest absolute Gasteiger partial charge is 0.322 e. The van der Waals surface area contributed by atoms with E-state index in [2.05, 4.69) is 34.2 Å². The van der Waals surface area contributed by atoms with Crippen molar-refractivity contribution in [3.05, 3.63) is 82.0 Å². The van der Waals surface area contributed by atoms with E-state index in [1.54, 1.807) is 25.2 Å². The van der Waals surface area contributed by atoms with Gasteiger partial charge in [0.2, 0.25) is 0 Å². The number of hydrogen-bond donors (Lipinski definition) is 1. The number of nitrogens with one attached hydrogen (secondary N) is 1. The van der Waals surface area contributed by atoms with Gasteiger partial charge < -0.3 is 15.1 Å². The first-order valence-electron chi connectivity index (χ1n) is 11.3. The molecule has 0 bridgehead atoms. The third kappa shape index (κ3) is 5.68. The van der Waals surface area contributed by atoms with E-state index in [0.29, 0.717) is 16.1 Å². The first-order valence-corrected chi connectivity index (χ1v) is 12.2.